The molecule has 98 valence electrons. The summed E-state index contributed by atoms with van der Waals surface area (Å²) in [5.74, 6) is -0.584. The SMILES string of the molecule is CC(C)C(CNC(=O)NCCC1CC1)C(=O)O. The Bertz CT molecular complexity index is 275. The molecule has 0 aliphatic heterocycles. The van der Waals surface area contributed by atoms with Crippen LogP contribution in [-0.2, 0) is 4.79 Å². The van der Waals surface area contributed by atoms with Gasteiger partial charge in [0, 0.05) is 13.1 Å². The van der Waals surface area contributed by atoms with Crippen LogP contribution in [-0.4, -0.2) is 30.2 Å². The molecule has 5 nitrogen and oxygen atoms in total. The Labute approximate surface area is 102 Å². The van der Waals surface area contributed by atoms with E-state index in [1.807, 2.05) is 13.8 Å². The van der Waals surface area contributed by atoms with Gasteiger partial charge in [0.15, 0.2) is 0 Å². The van der Waals surface area contributed by atoms with Crippen molar-refractivity contribution in [3.05, 3.63) is 0 Å². The zero-order chi connectivity index (χ0) is 12.8. The van der Waals surface area contributed by atoms with E-state index in [0.717, 1.165) is 12.3 Å². The lowest BCUT2D eigenvalue weighted by Gasteiger charge is -2.16. The number of amides is 2. The van der Waals surface area contributed by atoms with Crippen molar-refractivity contribution < 1.29 is 14.7 Å². The van der Waals surface area contributed by atoms with E-state index in [0.29, 0.717) is 6.54 Å². The van der Waals surface area contributed by atoms with Gasteiger partial charge in [0.05, 0.1) is 5.92 Å². The van der Waals surface area contributed by atoms with Crippen LogP contribution in [0.25, 0.3) is 0 Å². The zero-order valence-electron chi connectivity index (χ0n) is 10.5. The quantitative estimate of drug-likeness (QED) is 0.632. The van der Waals surface area contributed by atoms with Crippen LogP contribution in [0.5, 0.6) is 0 Å². The standard InChI is InChI=1S/C12H22N2O3/c1-8(2)10(11(15)16)7-14-12(17)13-6-5-9-3-4-9/h8-10H,3-7H2,1-2H3,(H,15,16)(H2,13,14,17). The minimum atomic E-state index is -0.863. The van der Waals surface area contributed by atoms with Gasteiger partial charge < -0.3 is 15.7 Å². The molecule has 1 saturated carbocycles. The van der Waals surface area contributed by atoms with Gasteiger partial charge in [-0.1, -0.05) is 26.7 Å². The minimum Gasteiger partial charge on any atom is -0.481 e. The number of carboxylic acids is 1. The van der Waals surface area contributed by atoms with E-state index in [1.54, 1.807) is 0 Å². The topological polar surface area (TPSA) is 78.4 Å². The molecule has 0 aromatic rings. The van der Waals surface area contributed by atoms with Crippen molar-refractivity contribution in [3.63, 3.8) is 0 Å². The number of aliphatic carboxylic acids is 1. The molecule has 0 aromatic heterocycles. The molecule has 2 amide bonds. The molecule has 0 radical (unpaired) electrons. The highest BCUT2D eigenvalue weighted by Gasteiger charge is 2.22. The first-order valence-corrected chi connectivity index (χ1v) is 6.25. The second-order valence-corrected chi connectivity index (χ2v) is 5.06. The molecule has 0 aromatic carbocycles. The maximum atomic E-state index is 11.4. The van der Waals surface area contributed by atoms with E-state index >= 15 is 0 Å². The van der Waals surface area contributed by atoms with E-state index in [2.05, 4.69) is 10.6 Å². The average Bonchev–Trinajstić information content (AvgIpc) is 3.00. The lowest BCUT2D eigenvalue weighted by molar-refractivity contribution is -0.142. The van der Waals surface area contributed by atoms with Gasteiger partial charge in [-0.05, 0) is 18.3 Å². The van der Waals surface area contributed by atoms with Crippen LogP contribution >= 0.6 is 0 Å². The van der Waals surface area contributed by atoms with Gasteiger partial charge in [-0.3, -0.25) is 4.79 Å². The fraction of sp³-hybridized carbons (Fsp3) is 0.833. The first-order chi connectivity index (χ1) is 8.00. The fourth-order valence-corrected chi connectivity index (χ4v) is 1.67. The number of carbonyl (C=O) groups excluding carboxylic acids is 1. The number of hydrogen-bond donors (Lipinski definition) is 3. The van der Waals surface area contributed by atoms with Gasteiger partial charge in [-0.25, -0.2) is 4.79 Å². The summed E-state index contributed by atoms with van der Waals surface area (Å²) < 4.78 is 0. The van der Waals surface area contributed by atoms with Crippen LogP contribution in [0.2, 0.25) is 0 Å². The van der Waals surface area contributed by atoms with E-state index in [-0.39, 0.29) is 18.5 Å². The molecular formula is C12H22N2O3. The molecule has 1 aliphatic rings. The molecule has 1 unspecified atom stereocenters. The van der Waals surface area contributed by atoms with Crippen molar-refractivity contribution in [2.24, 2.45) is 17.8 Å². The molecule has 1 atom stereocenters. The van der Waals surface area contributed by atoms with Crippen LogP contribution < -0.4 is 10.6 Å². The van der Waals surface area contributed by atoms with Crippen molar-refractivity contribution in [1.82, 2.24) is 10.6 Å². The Morgan fingerprint density at radius 2 is 1.94 bits per heavy atom. The first kappa shape index (κ1) is 13.8. The molecule has 3 N–H and O–H groups in total. The molecule has 0 bridgehead atoms. The van der Waals surface area contributed by atoms with Gasteiger partial charge >= 0.3 is 12.0 Å². The van der Waals surface area contributed by atoms with Crippen LogP contribution in [0.4, 0.5) is 4.79 Å². The smallest absolute Gasteiger partial charge is 0.314 e. The summed E-state index contributed by atoms with van der Waals surface area (Å²) in [5.41, 5.74) is 0. The van der Waals surface area contributed by atoms with E-state index in [1.165, 1.54) is 12.8 Å². The predicted octanol–water partition coefficient (Wildman–Crippen LogP) is 1.44. The molecule has 0 spiro atoms. The zero-order valence-corrected chi connectivity index (χ0v) is 10.5. The normalized spacial score (nSPS) is 16.6. The number of nitrogens with one attached hydrogen (secondary N) is 2. The Balaban J connectivity index is 2.13. The van der Waals surface area contributed by atoms with Crippen molar-refractivity contribution in [2.75, 3.05) is 13.1 Å². The lowest BCUT2D eigenvalue weighted by Crippen LogP contribution is -2.41. The second kappa shape index (κ2) is 6.47. The molecule has 1 fully saturated rings. The highest BCUT2D eigenvalue weighted by molar-refractivity contribution is 5.75. The monoisotopic (exact) mass is 242 g/mol. The number of carboxylic acid groups (broad SMARTS) is 1. The highest BCUT2D eigenvalue weighted by atomic mass is 16.4. The van der Waals surface area contributed by atoms with Gasteiger partial charge in [-0.15, -0.1) is 0 Å². The Hall–Kier alpha value is -1.26. The third-order valence-corrected chi connectivity index (χ3v) is 3.14. The summed E-state index contributed by atoms with van der Waals surface area (Å²) >= 11 is 0. The van der Waals surface area contributed by atoms with E-state index in [9.17, 15) is 9.59 Å². The second-order valence-electron chi connectivity index (χ2n) is 5.06. The average molecular weight is 242 g/mol. The molecule has 17 heavy (non-hydrogen) atoms. The third kappa shape index (κ3) is 5.56. The van der Waals surface area contributed by atoms with Crippen molar-refractivity contribution in [2.45, 2.75) is 33.1 Å². The molecule has 0 heterocycles. The number of hydrogen-bond acceptors (Lipinski definition) is 2. The summed E-state index contributed by atoms with van der Waals surface area (Å²) in [6.07, 6.45) is 3.58. The molecule has 5 heteroatoms. The maximum Gasteiger partial charge on any atom is 0.314 e. The molecule has 0 saturated heterocycles. The van der Waals surface area contributed by atoms with Crippen molar-refractivity contribution >= 4 is 12.0 Å². The first-order valence-electron chi connectivity index (χ1n) is 6.25. The van der Waals surface area contributed by atoms with Crippen LogP contribution in [0.15, 0.2) is 0 Å². The molecular weight excluding hydrogens is 220 g/mol. The van der Waals surface area contributed by atoms with Crippen LogP contribution in [0.3, 0.4) is 0 Å². The van der Waals surface area contributed by atoms with Gasteiger partial charge in [0.1, 0.15) is 0 Å². The third-order valence-electron chi connectivity index (χ3n) is 3.14. The molecule has 1 rings (SSSR count). The van der Waals surface area contributed by atoms with Crippen LogP contribution in [0, 0.1) is 17.8 Å². The largest absolute Gasteiger partial charge is 0.481 e. The summed E-state index contributed by atoms with van der Waals surface area (Å²) in [4.78, 5) is 22.3. The predicted molar refractivity (Wildman–Crippen MR) is 64.7 cm³/mol. The van der Waals surface area contributed by atoms with E-state index in [4.69, 9.17) is 5.11 Å². The number of carbonyl (C=O) groups is 2. The summed E-state index contributed by atoms with van der Waals surface area (Å²) in [7, 11) is 0. The lowest BCUT2D eigenvalue weighted by atomic mass is 9.96. The van der Waals surface area contributed by atoms with Crippen LogP contribution in [0.1, 0.15) is 33.1 Å². The Kier molecular flexibility index (Phi) is 5.25. The van der Waals surface area contributed by atoms with Gasteiger partial charge in [0.25, 0.3) is 0 Å². The van der Waals surface area contributed by atoms with Crippen molar-refractivity contribution in [3.8, 4) is 0 Å². The highest BCUT2D eigenvalue weighted by Crippen LogP contribution is 2.31. The summed E-state index contributed by atoms with van der Waals surface area (Å²) in [5, 5.41) is 14.3. The Morgan fingerprint density at radius 1 is 1.29 bits per heavy atom. The van der Waals surface area contributed by atoms with Crippen molar-refractivity contribution in [1.29, 1.82) is 0 Å². The maximum absolute atomic E-state index is 11.4. The summed E-state index contributed by atoms with van der Waals surface area (Å²) in [6, 6.07) is -0.266. The number of urea groups is 1. The Morgan fingerprint density at radius 3 is 2.41 bits per heavy atom. The molecule has 1 aliphatic carbocycles. The number of rotatable bonds is 7. The van der Waals surface area contributed by atoms with Gasteiger partial charge in [0.2, 0.25) is 0 Å². The van der Waals surface area contributed by atoms with Gasteiger partial charge in [-0.2, -0.15) is 0 Å². The minimum absolute atomic E-state index is 0.0132. The fourth-order valence-electron chi connectivity index (χ4n) is 1.67. The van der Waals surface area contributed by atoms with E-state index < -0.39 is 11.9 Å². The summed E-state index contributed by atoms with van der Waals surface area (Å²) in [6.45, 7) is 4.54.